The van der Waals surface area contributed by atoms with Gasteiger partial charge in [0, 0.05) is 18.6 Å². The predicted octanol–water partition coefficient (Wildman–Crippen LogP) is 2.98. The van der Waals surface area contributed by atoms with Gasteiger partial charge in [-0.25, -0.2) is 9.59 Å². The van der Waals surface area contributed by atoms with Crippen LogP contribution in [0.5, 0.6) is 0 Å². The Morgan fingerprint density at radius 2 is 1.92 bits per heavy atom. The van der Waals surface area contributed by atoms with Gasteiger partial charge < -0.3 is 14.8 Å². The van der Waals surface area contributed by atoms with Crippen LogP contribution in [0, 0.1) is 10.1 Å². The number of rotatable bonds is 6. The van der Waals surface area contributed by atoms with Gasteiger partial charge >= 0.3 is 12.1 Å². The Morgan fingerprint density at radius 1 is 1.28 bits per heavy atom. The lowest BCUT2D eigenvalue weighted by Gasteiger charge is -2.23. The largest absolute Gasteiger partial charge is 0.461 e. The number of non-ortho nitro benzene ring substituents is 1. The Labute approximate surface area is 146 Å². The van der Waals surface area contributed by atoms with Crippen molar-refractivity contribution in [3.8, 4) is 0 Å². The minimum absolute atomic E-state index is 0.0481. The highest BCUT2D eigenvalue weighted by Crippen LogP contribution is 2.15. The molecule has 1 aromatic rings. The van der Waals surface area contributed by atoms with Crippen LogP contribution in [-0.4, -0.2) is 34.7 Å². The van der Waals surface area contributed by atoms with E-state index in [1.165, 1.54) is 18.2 Å². The molecule has 0 aliphatic rings. The Balaban J connectivity index is 2.94. The van der Waals surface area contributed by atoms with E-state index in [0.29, 0.717) is 5.56 Å². The minimum Gasteiger partial charge on any atom is -0.461 e. The summed E-state index contributed by atoms with van der Waals surface area (Å²) in [4.78, 5) is 34.6. The third kappa shape index (κ3) is 7.65. The third-order valence-electron chi connectivity index (χ3n) is 2.89. The van der Waals surface area contributed by atoms with E-state index in [9.17, 15) is 19.7 Å². The summed E-state index contributed by atoms with van der Waals surface area (Å²) in [6.45, 7) is 8.49. The monoisotopic (exact) mass is 352 g/mol. The summed E-state index contributed by atoms with van der Waals surface area (Å²) in [5.74, 6) is -0.632. The molecule has 0 aliphatic heterocycles. The van der Waals surface area contributed by atoms with Crippen LogP contribution in [0.3, 0.4) is 0 Å². The van der Waals surface area contributed by atoms with Crippen LogP contribution in [0.15, 0.2) is 24.3 Å². The van der Waals surface area contributed by atoms with E-state index >= 15 is 0 Å². The fourth-order valence-electron chi connectivity index (χ4n) is 1.99. The zero-order chi connectivity index (χ0) is 19.2. The number of esters is 1. The van der Waals surface area contributed by atoms with Crippen LogP contribution in [0.1, 0.15) is 40.2 Å². The Kier molecular flexibility index (Phi) is 6.90. The second kappa shape index (κ2) is 8.46. The summed E-state index contributed by atoms with van der Waals surface area (Å²) >= 11 is 0. The van der Waals surface area contributed by atoms with Crippen molar-refractivity contribution in [1.29, 1.82) is 0 Å². The van der Waals surface area contributed by atoms with Gasteiger partial charge in [-0.05, 0) is 40.2 Å². The average Bonchev–Trinajstić information content (AvgIpc) is 2.44. The lowest BCUT2D eigenvalue weighted by Crippen LogP contribution is -2.46. The van der Waals surface area contributed by atoms with E-state index in [-0.39, 0.29) is 18.2 Å². The maximum Gasteiger partial charge on any atom is 0.408 e. The molecule has 0 spiro atoms. The van der Waals surface area contributed by atoms with Crippen molar-refractivity contribution in [1.82, 2.24) is 5.32 Å². The average molecular weight is 352 g/mol. The molecule has 0 saturated carbocycles. The third-order valence-corrected chi connectivity index (χ3v) is 2.89. The smallest absolute Gasteiger partial charge is 0.408 e. The second-order valence-electron chi connectivity index (χ2n) is 6.82. The van der Waals surface area contributed by atoms with Crippen molar-refractivity contribution >= 4 is 17.7 Å². The van der Waals surface area contributed by atoms with E-state index in [0.717, 1.165) is 0 Å². The van der Waals surface area contributed by atoms with Crippen molar-refractivity contribution in [2.24, 2.45) is 0 Å². The quantitative estimate of drug-likeness (QED) is 0.479. The van der Waals surface area contributed by atoms with Gasteiger partial charge in [0.15, 0.2) is 0 Å². The highest BCUT2D eigenvalue weighted by Gasteiger charge is 2.27. The van der Waals surface area contributed by atoms with E-state index < -0.39 is 28.6 Å². The molecule has 0 fully saturated rings. The van der Waals surface area contributed by atoms with Gasteiger partial charge in [-0.2, -0.15) is 0 Å². The zero-order valence-electron chi connectivity index (χ0n) is 15.1. The van der Waals surface area contributed by atoms with Gasteiger partial charge in [0.05, 0.1) is 11.0 Å². The number of nitrogens with one attached hydrogen (secondary N) is 1. The summed E-state index contributed by atoms with van der Waals surface area (Å²) in [5, 5.41) is 13.3. The first-order valence-electron chi connectivity index (χ1n) is 7.91. The second-order valence-corrected chi connectivity index (χ2v) is 6.82. The summed E-state index contributed by atoms with van der Waals surface area (Å²) in [6.07, 6.45) is -1.07. The number of benzene rings is 1. The first-order valence-corrected chi connectivity index (χ1v) is 7.91. The number of nitrogens with zero attached hydrogens (tertiary/aromatic N) is 1. The van der Waals surface area contributed by atoms with Crippen LogP contribution >= 0.6 is 0 Å². The molecule has 1 unspecified atom stereocenters. The molecular weight excluding hydrogens is 328 g/mol. The lowest BCUT2D eigenvalue weighted by molar-refractivity contribution is -0.384. The van der Waals surface area contributed by atoms with Crippen molar-refractivity contribution in [3.63, 3.8) is 0 Å². The number of nitro groups is 1. The molecule has 0 radical (unpaired) electrons. The van der Waals surface area contributed by atoms with Crippen LogP contribution < -0.4 is 5.32 Å². The molecule has 0 heterocycles. The van der Waals surface area contributed by atoms with Gasteiger partial charge in [-0.15, -0.1) is 0 Å². The van der Waals surface area contributed by atoms with E-state index in [1.807, 2.05) is 0 Å². The number of hydrogen-bond donors (Lipinski definition) is 1. The summed E-state index contributed by atoms with van der Waals surface area (Å²) < 4.78 is 10.3. The van der Waals surface area contributed by atoms with Crippen molar-refractivity contribution in [2.45, 2.75) is 58.8 Å². The molecule has 1 aromatic carbocycles. The van der Waals surface area contributed by atoms with Gasteiger partial charge in [0.2, 0.25) is 0 Å². The number of ether oxygens (including phenoxy) is 2. The van der Waals surface area contributed by atoms with Crippen molar-refractivity contribution < 1.29 is 24.0 Å². The molecule has 0 saturated heterocycles. The summed E-state index contributed by atoms with van der Waals surface area (Å²) in [7, 11) is 0. The number of carbonyl (C=O) groups excluding carboxylic acids is 2. The molecule has 1 rings (SSSR count). The molecule has 1 amide bonds. The van der Waals surface area contributed by atoms with Crippen molar-refractivity contribution in [3.05, 3.63) is 39.9 Å². The van der Waals surface area contributed by atoms with Gasteiger partial charge in [-0.3, -0.25) is 10.1 Å². The maximum atomic E-state index is 12.3. The molecule has 0 aliphatic carbocycles. The topological polar surface area (TPSA) is 108 Å². The van der Waals surface area contributed by atoms with Gasteiger partial charge in [0.1, 0.15) is 11.6 Å². The van der Waals surface area contributed by atoms with Crippen LogP contribution in [-0.2, 0) is 20.7 Å². The molecular formula is C17H24N2O6. The highest BCUT2D eigenvalue weighted by atomic mass is 16.6. The van der Waals surface area contributed by atoms with E-state index in [4.69, 9.17) is 9.47 Å². The van der Waals surface area contributed by atoms with Crippen molar-refractivity contribution in [2.75, 3.05) is 0 Å². The number of amides is 1. The number of hydrogen-bond acceptors (Lipinski definition) is 6. The fraction of sp³-hybridized carbons (Fsp3) is 0.529. The fourth-order valence-corrected chi connectivity index (χ4v) is 1.99. The summed E-state index contributed by atoms with van der Waals surface area (Å²) in [6, 6.07) is 4.85. The maximum absolute atomic E-state index is 12.3. The number of alkyl carbamates (subject to hydrolysis) is 1. The molecule has 138 valence electrons. The van der Waals surface area contributed by atoms with Crippen LogP contribution in [0.25, 0.3) is 0 Å². The SMILES string of the molecule is CC(C)OC(=O)C(Cc1cccc([N+](=O)[O-])c1)NC(=O)OC(C)(C)C. The van der Waals surface area contributed by atoms with Crippen LogP contribution in [0.4, 0.5) is 10.5 Å². The number of carbonyl (C=O) groups is 2. The molecule has 8 heteroatoms. The molecule has 0 aromatic heterocycles. The minimum atomic E-state index is -1.01. The predicted molar refractivity (Wildman–Crippen MR) is 91.2 cm³/mol. The molecule has 25 heavy (non-hydrogen) atoms. The zero-order valence-corrected chi connectivity index (χ0v) is 15.1. The molecule has 8 nitrogen and oxygen atoms in total. The Morgan fingerprint density at radius 3 is 2.44 bits per heavy atom. The van der Waals surface area contributed by atoms with E-state index in [1.54, 1.807) is 40.7 Å². The van der Waals surface area contributed by atoms with Crippen LogP contribution in [0.2, 0.25) is 0 Å². The first-order chi connectivity index (χ1) is 11.5. The summed E-state index contributed by atoms with van der Waals surface area (Å²) in [5.41, 5.74) is -0.288. The first kappa shape index (κ1) is 20.4. The lowest BCUT2D eigenvalue weighted by atomic mass is 10.1. The molecule has 1 N–H and O–H groups in total. The van der Waals surface area contributed by atoms with Gasteiger partial charge in [0.25, 0.3) is 5.69 Å². The van der Waals surface area contributed by atoms with E-state index in [2.05, 4.69) is 5.32 Å². The standard InChI is InChI=1S/C17H24N2O6/c1-11(2)24-15(20)14(18-16(21)25-17(3,4)5)10-12-7-6-8-13(9-12)19(22)23/h6-9,11,14H,10H2,1-5H3,(H,18,21). The Bertz CT molecular complexity index is 636. The molecule has 1 atom stereocenters. The number of nitro benzene ring substituents is 1. The normalized spacial score (nSPS) is 12.4. The van der Waals surface area contributed by atoms with Gasteiger partial charge in [-0.1, -0.05) is 12.1 Å². The Hall–Kier alpha value is -2.64. The highest BCUT2D eigenvalue weighted by molar-refractivity contribution is 5.82. The molecule has 0 bridgehead atoms.